The van der Waals surface area contributed by atoms with E-state index in [0.717, 1.165) is 17.8 Å². The lowest BCUT2D eigenvalue weighted by atomic mass is 9.86. The maximum absolute atomic E-state index is 10.3. The van der Waals surface area contributed by atoms with Crippen LogP contribution in [0.5, 0.6) is 0 Å². The van der Waals surface area contributed by atoms with Crippen LogP contribution in [-0.2, 0) is 12.0 Å². The molecular formula is C20H25N3O. The van der Waals surface area contributed by atoms with Crippen molar-refractivity contribution in [2.75, 3.05) is 6.54 Å². The maximum Gasteiger partial charge on any atom is 0.0804 e. The van der Waals surface area contributed by atoms with E-state index in [2.05, 4.69) is 61.4 Å². The maximum atomic E-state index is 10.3. The van der Waals surface area contributed by atoms with Crippen LogP contribution in [0, 0.1) is 0 Å². The van der Waals surface area contributed by atoms with E-state index in [9.17, 15) is 5.21 Å². The summed E-state index contributed by atoms with van der Waals surface area (Å²) in [4.78, 5) is 4.02. The molecule has 0 radical (unpaired) electrons. The van der Waals surface area contributed by atoms with Crippen LogP contribution < -0.4 is 5.32 Å². The van der Waals surface area contributed by atoms with Crippen LogP contribution >= 0.6 is 0 Å². The van der Waals surface area contributed by atoms with E-state index < -0.39 is 0 Å². The smallest absolute Gasteiger partial charge is 0.0804 e. The summed E-state index contributed by atoms with van der Waals surface area (Å²) in [5.74, 6) is 0. The highest BCUT2D eigenvalue weighted by atomic mass is 16.5. The number of nitrogens with one attached hydrogen (secondary N) is 1. The molecule has 3 rings (SSSR count). The average Bonchev–Trinajstić information content (AvgIpc) is 2.94. The predicted molar refractivity (Wildman–Crippen MR) is 95.5 cm³/mol. The Morgan fingerprint density at radius 2 is 1.79 bits per heavy atom. The third kappa shape index (κ3) is 3.83. The van der Waals surface area contributed by atoms with Gasteiger partial charge in [-0.15, -0.1) is 0 Å². The summed E-state index contributed by atoms with van der Waals surface area (Å²) in [6.07, 6.45) is 5.67. The van der Waals surface area contributed by atoms with Crippen molar-refractivity contribution in [2.24, 2.45) is 0 Å². The van der Waals surface area contributed by atoms with E-state index in [1.54, 1.807) is 12.4 Å². The molecule has 0 bridgehead atoms. The van der Waals surface area contributed by atoms with E-state index in [-0.39, 0.29) is 11.5 Å². The van der Waals surface area contributed by atoms with Crippen LogP contribution in [0.4, 0.5) is 0 Å². The molecule has 0 spiro atoms. The number of hydroxylamine groups is 2. The van der Waals surface area contributed by atoms with Gasteiger partial charge >= 0.3 is 0 Å². The van der Waals surface area contributed by atoms with Crippen LogP contribution in [0.25, 0.3) is 0 Å². The minimum atomic E-state index is -0.0982. The second-order valence-electron chi connectivity index (χ2n) is 7.32. The van der Waals surface area contributed by atoms with Gasteiger partial charge in [-0.25, -0.2) is 0 Å². The molecule has 24 heavy (non-hydrogen) atoms. The zero-order chi connectivity index (χ0) is 17.2. The minimum Gasteiger partial charge on any atom is -0.383 e. The molecule has 4 heteroatoms. The van der Waals surface area contributed by atoms with Gasteiger partial charge in [-0.1, -0.05) is 45.0 Å². The molecule has 4 nitrogen and oxygen atoms in total. The first-order valence-electron chi connectivity index (χ1n) is 8.33. The first kappa shape index (κ1) is 16.7. The third-order valence-electron chi connectivity index (χ3n) is 4.40. The highest BCUT2D eigenvalue weighted by Gasteiger charge is 2.25. The molecule has 1 aliphatic heterocycles. The van der Waals surface area contributed by atoms with E-state index in [1.807, 2.05) is 12.1 Å². The van der Waals surface area contributed by atoms with Gasteiger partial charge in [0, 0.05) is 24.6 Å². The van der Waals surface area contributed by atoms with E-state index in [0.29, 0.717) is 6.54 Å². The van der Waals surface area contributed by atoms with Crippen LogP contribution in [0.2, 0.25) is 0 Å². The van der Waals surface area contributed by atoms with Gasteiger partial charge in [0.05, 0.1) is 12.6 Å². The first-order valence-corrected chi connectivity index (χ1v) is 8.33. The van der Waals surface area contributed by atoms with Crippen molar-refractivity contribution >= 4 is 0 Å². The second-order valence-corrected chi connectivity index (χ2v) is 7.32. The van der Waals surface area contributed by atoms with Crippen LogP contribution in [0.3, 0.4) is 0 Å². The van der Waals surface area contributed by atoms with Crippen LogP contribution in [0.15, 0.2) is 60.6 Å². The summed E-state index contributed by atoms with van der Waals surface area (Å²) in [6, 6.07) is 12.4. The van der Waals surface area contributed by atoms with Gasteiger partial charge in [0.1, 0.15) is 0 Å². The van der Waals surface area contributed by atoms with Gasteiger partial charge in [0.2, 0.25) is 0 Å². The van der Waals surface area contributed by atoms with Gasteiger partial charge in [0.25, 0.3) is 0 Å². The monoisotopic (exact) mass is 323 g/mol. The first-order chi connectivity index (χ1) is 11.4. The highest BCUT2D eigenvalue weighted by Crippen LogP contribution is 2.30. The molecule has 1 atom stereocenters. The Balaban J connectivity index is 1.68. The number of aromatic nitrogens is 1. The van der Waals surface area contributed by atoms with Gasteiger partial charge in [-0.2, -0.15) is 5.06 Å². The van der Waals surface area contributed by atoms with Crippen molar-refractivity contribution in [1.82, 2.24) is 15.4 Å². The largest absolute Gasteiger partial charge is 0.383 e. The zero-order valence-corrected chi connectivity index (χ0v) is 14.5. The fourth-order valence-electron chi connectivity index (χ4n) is 2.88. The Kier molecular flexibility index (Phi) is 4.69. The zero-order valence-electron chi connectivity index (χ0n) is 14.5. The molecule has 126 valence electrons. The molecular weight excluding hydrogens is 298 g/mol. The Morgan fingerprint density at radius 3 is 2.42 bits per heavy atom. The summed E-state index contributed by atoms with van der Waals surface area (Å²) < 4.78 is 0. The van der Waals surface area contributed by atoms with Crippen molar-refractivity contribution in [3.8, 4) is 0 Å². The van der Waals surface area contributed by atoms with Crippen molar-refractivity contribution in [3.05, 3.63) is 77.3 Å². The van der Waals surface area contributed by atoms with Crippen molar-refractivity contribution in [2.45, 2.75) is 38.8 Å². The lowest BCUT2D eigenvalue weighted by Gasteiger charge is -2.21. The summed E-state index contributed by atoms with van der Waals surface area (Å²) in [6.45, 7) is 7.86. The minimum absolute atomic E-state index is 0.0982. The fourth-order valence-corrected chi connectivity index (χ4v) is 2.88. The highest BCUT2D eigenvalue weighted by molar-refractivity contribution is 5.33. The quantitative estimate of drug-likeness (QED) is 0.898. The number of hydrogen-bond donors (Lipinski definition) is 2. The SMILES string of the molecule is CC(C)(C)c1ccc(C2C=C(NCc3ccncc3)CN2O)cc1. The lowest BCUT2D eigenvalue weighted by Crippen LogP contribution is -2.23. The van der Waals surface area contributed by atoms with Crippen LogP contribution in [0.1, 0.15) is 43.5 Å². The Labute approximate surface area is 143 Å². The third-order valence-corrected chi connectivity index (χ3v) is 4.40. The van der Waals surface area contributed by atoms with Crippen molar-refractivity contribution < 1.29 is 5.21 Å². The normalized spacial score (nSPS) is 18.5. The average molecular weight is 323 g/mol. The molecule has 1 aromatic heterocycles. The molecule has 1 aliphatic rings. The molecule has 0 aliphatic carbocycles. The molecule has 0 fully saturated rings. The van der Waals surface area contributed by atoms with Gasteiger partial charge in [-0.3, -0.25) is 4.98 Å². The summed E-state index contributed by atoms with van der Waals surface area (Å²) in [5, 5.41) is 15.0. The fraction of sp³-hybridized carbons (Fsp3) is 0.350. The number of nitrogens with zero attached hydrogens (tertiary/aromatic N) is 2. The van der Waals surface area contributed by atoms with Gasteiger partial charge < -0.3 is 10.5 Å². The van der Waals surface area contributed by atoms with Gasteiger partial charge in [0.15, 0.2) is 0 Å². The van der Waals surface area contributed by atoms with Gasteiger partial charge in [-0.05, 0) is 40.3 Å². The number of pyridine rings is 1. The number of benzene rings is 1. The predicted octanol–water partition coefficient (Wildman–Crippen LogP) is 3.80. The molecule has 1 aromatic carbocycles. The molecule has 0 amide bonds. The standard InChI is InChI=1S/C20H25N3O/c1-20(2,3)17-6-4-16(5-7-17)19-12-18(14-23(19)24)22-13-15-8-10-21-11-9-15/h4-12,19,22,24H,13-14H2,1-3H3. The second kappa shape index (κ2) is 6.75. The Bertz CT molecular complexity index is 702. The Morgan fingerprint density at radius 1 is 1.12 bits per heavy atom. The molecule has 0 saturated heterocycles. The molecule has 2 aromatic rings. The van der Waals surface area contributed by atoms with E-state index in [4.69, 9.17) is 0 Å². The molecule has 1 unspecified atom stereocenters. The molecule has 2 N–H and O–H groups in total. The summed E-state index contributed by atoms with van der Waals surface area (Å²) in [7, 11) is 0. The number of rotatable bonds is 4. The summed E-state index contributed by atoms with van der Waals surface area (Å²) in [5.41, 5.74) is 4.76. The van der Waals surface area contributed by atoms with E-state index >= 15 is 0 Å². The summed E-state index contributed by atoms with van der Waals surface area (Å²) >= 11 is 0. The lowest BCUT2D eigenvalue weighted by molar-refractivity contribution is -0.0983. The van der Waals surface area contributed by atoms with Crippen molar-refractivity contribution in [1.29, 1.82) is 0 Å². The Hall–Kier alpha value is -2.17. The molecule has 2 heterocycles. The molecule has 0 saturated carbocycles. The van der Waals surface area contributed by atoms with Crippen molar-refractivity contribution in [3.63, 3.8) is 0 Å². The topological polar surface area (TPSA) is 48.4 Å². The number of hydrogen-bond acceptors (Lipinski definition) is 4. The van der Waals surface area contributed by atoms with Crippen LogP contribution in [-0.4, -0.2) is 21.8 Å². The van der Waals surface area contributed by atoms with E-state index in [1.165, 1.54) is 16.2 Å².